The summed E-state index contributed by atoms with van der Waals surface area (Å²) in [5.41, 5.74) is 9.09. The van der Waals surface area contributed by atoms with E-state index in [1.807, 2.05) is 6.07 Å². The minimum absolute atomic E-state index is 0.358. The number of benzene rings is 1. The van der Waals surface area contributed by atoms with Crippen molar-refractivity contribution in [1.82, 2.24) is 0 Å². The zero-order chi connectivity index (χ0) is 9.71. The maximum Gasteiger partial charge on any atom is 0.119 e. The largest absolute Gasteiger partial charge is 0.497 e. The van der Waals surface area contributed by atoms with Gasteiger partial charge in [0.25, 0.3) is 0 Å². The van der Waals surface area contributed by atoms with Crippen molar-refractivity contribution in [3.63, 3.8) is 0 Å². The standard InChI is InChI=1S/C12H15NO/c1-14-7-2-3-8-9-4-5-10(12(9)13)11(8)6-7/h2-3,6,9-10,12H,4-5,13H2,1H3/t9?,10?,12-/m0/s1. The van der Waals surface area contributed by atoms with Crippen molar-refractivity contribution in [2.75, 3.05) is 7.11 Å². The molecule has 0 amide bonds. The molecule has 14 heavy (non-hydrogen) atoms. The highest BCUT2D eigenvalue weighted by atomic mass is 16.5. The predicted molar refractivity (Wildman–Crippen MR) is 55.7 cm³/mol. The highest BCUT2D eigenvalue weighted by Gasteiger charge is 2.43. The molecule has 2 aliphatic rings. The molecule has 0 spiro atoms. The predicted octanol–water partition coefficient (Wildman–Crippen LogP) is 2.00. The molecule has 2 heteroatoms. The van der Waals surface area contributed by atoms with E-state index >= 15 is 0 Å². The second-order valence-electron chi connectivity index (χ2n) is 4.36. The van der Waals surface area contributed by atoms with Gasteiger partial charge >= 0.3 is 0 Å². The van der Waals surface area contributed by atoms with Crippen LogP contribution in [-0.2, 0) is 0 Å². The Morgan fingerprint density at radius 1 is 1.21 bits per heavy atom. The molecule has 2 unspecified atom stereocenters. The van der Waals surface area contributed by atoms with Gasteiger partial charge in [0, 0.05) is 12.0 Å². The average molecular weight is 189 g/mol. The van der Waals surface area contributed by atoms with Gasteiger partial charge in [0.1, 0.15) is 5.75 Å². The van der Waals surface area contributed by atoms with E-state index in [4.69, 9.17) is 10.5 Å². The Morgan fingerprint density at radius 3 is 2.64 bits per heavy atom. The Balaban J connectivity index is 2.11. The van der Waals surface area contributed by atoms with Crippen LogP contribution < -0.4 is 10.5 Å². The summed E-state index contributed by atoms with van der Waals surface area (Å²) in [4.78, 5) is 0. The number of fused-ring (bicyclic) bond motifs is 5. The Kier molecular flexibility index (Phi) is 1.62. The lowest BCUT2D eigenvalue weighted by molar-refractivity contribution is 0.413. The minimum atomic E-state index is 0.358. The summed E-state index contributed by atoms with van der Waals surface area (Å²) >= 11 is 0. The first-order chi connectivity index (χ1) is 6.81. The fraction of sp³-hybridized carbons (Fsp3) is 0.500. The summed E-state index contributed by atoms with van der Waals surface area (Å²) in [6, 6.07) is 6.76. The third-order valence-corrected chi connectivity index (χ3v) is 3.81. The van der Waals surface area contributed by atoms with Crippen molar-refractivity contribution in [2.24, 2.45) is 5.73 Å². The van der Waals surface area contributed by atoms with Crippen LogP contribution in [0.25, 0.3) is 0 Å². The van der Waals surface area contributed by atoms with Crippen molar-refractivity contribution >= 4 is 0 Å². The van der Waals surface area contributed by atoms with Gasteiger partial charge in [0.2, 0.25) is 0 Å². The van der Waals surface area contributed by atoms with Gasteiger partial charge in [0.05, 0.1) is 7.11 Å². The number of ether oxygens (including phenoxy) is 1. The van der Waals surface area contributed by atoms with E-state index < -0.39 is 0 Å². The van der Waals surface area contributed by atoms with Gasteiger partial charge in [0.15, 0.2) is 0 Å². The maximum absolute atomic E-state index is 6.19. The van der Waals surface area contributed by atoms with E-state index in [0.717, 1.165) is 5.75 Å². The molecule has 0 heterocycles. The van der Waals surface area contributed by atoms with Gasteiger partial charge in [-0.1, -0.05) is 6.07 Å². The first-order valence-electron chi connectivity index (χ1n) is 5.24. The molecular formula is C12H15NO. The number of hydrogen-bond acceptors (Lipinski definition) is 2. The molecule has 2 nitrogen and oxygen atoms in total. The summed E-state index contributed by atoms with van der Waals surface area (Å²) in [6.45, 7) is 0. The lowest BCUT2D eigenvalue weighted by Gasteiger charge is -2.14. The molecule has 74 valence electrons. The first-order valence-corrected chi connectivity index (χ1v) is 5.24. The lowest BCUT2D eigenvalue weighted by atomic mass is 9.92. The Hall–Kier alpha value is -1.02. The van der Waals surface area contributed by atoms with Gasteiger partial charge in [-0.25, -0.2) is 0 Å². The van der Waals surface area contributed by atoms with Crippen LogP contribution in [0.3, 0.4) is 0 Å². The minimum Gasteiger partial charge on any atom is -0.497 e. The Labute approximate surface area is 84.1 Å². The summed E-state index contributed by atoms with van der Waals surface area (Å²) in [5, 5.41) is 0. The zero-order valence-corrected chi connectivity index (χ0v) is 8.36. The third-order valence-electron chi connectivity index (χ3n) is 3.81. The fourth-order valence-corrected chi connectivity index (χ4v) is 3.09. The van der Waals surface area contributed by atoms with Crippen LogP contribution in [-0.4, -0.2) is 13.2 Å². The Morgan fingerprint density at radius 2 is 1.93 bits per heavy atom. The van der Waals surface area contributed by atoms with Crippen LogP contribution in [0, 0.1) is 0 Å². The molecular weight excluding hydrogens is 174 g/mol. The second-order valence-corrected chi connectivity index (χ2v) is 4.36. The van der Waals surface area contributed by atoms with Crippen LogP contribution in [0.5, 0.6) is 5.75 Å². The quantitative estimate of drug-likeness (QED) is 0.733. The van der Waals surface area contributed by atoms with E-state index in [2.05, 4.69) is 12.1 Å². The van der Waals surface area contributed by atoms with Gasteiger partial charge in [-0.05, 0) is 42.0 Å². The molecule has 1 aromatic rings. The van der Waals surface area contributed by atoms with Gasteiger partial charge < -0.3 is 10.5 Å². The number of hydrogen-bond donors (Lipinski definition) is 1. The van der Waals surface area contributed by atoms with Gasteiger partial charge in [-0.2, -0.15) is 0 Å². The molecule has 0 radical (unpaired) electrons. The third kappa shape index (κ3) is 0.894. The van der Waals surface area contributed by atoms with E-state index in [1.165, 1.54) is 24.0 Å². The normalized spacial score (nSPS) is 33.1. The second kappa shape index (κ2) is 2.74. The lowest BCUT2D eigenvalue weighted by Crippen LogP contribution is -2.22. The highest BCUT2D eigenvalue weighted by molar-refractivity contribution is 5.48. The molecule has 0 aromatic heterocycles. The summed E-state index contributed by atoms with van der Waals surface area (Å²) in [6.07, 6.45) is 2.52. The molecule has 1 aromatic carbocycles. The van der Waals surface area contributed by atoms with Crippen LogP contribution in [0.2, 0.25) is 0 Å². The van der Waals surface area contributed by atoms with E-state index in [9.17, 15) is 0 Å². The molecule has 1 saturated carbocycles. The number of methoxy groups -OCH3 is 1. The van der Waals surface area contributed by atoms with Crippen molar-refractivity contribution in [1.29, 1.82) is 0 Å². The summed E-state index contributed by atoms with van der Waals surface area (Å²) in [7, 11) is 1.72. The topological polar surface area (TPSA) is 35.2 Å². The van der Waals surface area contributed by atoms with Gasteiger partial charge in [-0.3, -0.25) is 0 Å². The number of rotatable bonds is 1. The fourth-order valence-electron chi connectivity index (χ4n) is 3.09. The molecule has 2 bridgehead atoms. The zero-order valence-electron chi connectivity index (χ0n) is 8.36. The SMILES string of the molecule is COc1ccc2c(c1)C1CCC2[C@@H]1N. The van der Waals surface area contributed by atoms with E-state index in [1.54, 1.807) is 7.11 Å². The smallest absolute Gasteiger partial charge is 0.119 e. The van der Waals surface area contributed by atoms with Crippen LogP contribution in [0.4, 0.5) is 0 Å². The van der Waals surface area contributed by atoms with E-state index in [0.29, 0.717) is 17.9 Å². The first kappa shape index (κ1) is 8.30. The molecule has 1 fully saturated rings. The van der Waals surface area contributed by atoms with Crippen molar-refractivity contribution in [3.8, 4) is 5.75 Å². The van der Waals surface area contributed by atoms with Crippen molar-refractivity contribution in [2.45, 2.75) is 30.7 Å². The summed E-state index contributed by atoms with van der Waals surface area (Å²) < 4.78 is 5.24. The number of nitrogens with two attached hydrogens (primary N) is 1. The molecule has 2 N–H and O–H groups in total. The van der Waals surface area contributed by atoms with E-state index in [-0.39, 0.29) is 0 Å². The maximum atomic E-state index is 6.19. The molecule has 3 atom stereocenters. The molecule has 0 aliphatic heterocycles. The van der Waals surface area contributed by atoms with Crippen molar-refractivity contribution < 1.29 is 4.74 Å². The van der Waals surface area contributed by atoms with Crippen LogP contribution >= 0.6 is 0 Å². The molecule has 0 saturated heterocycles. The molecule has 2 aliphatic carbocycles. The summed E-state index contributed by atoms with van der Waals surface area (Å²) in [5.74, 6) is 2.16. The monoisotopic (exact) mass is 189 g/mol. The highest BCUT2D eigenvalue weighted by Crippen LogP contribution is 2.52. The van der Waals surface area contributed by atoms with Gasteiger partial charge in [-0.15, -0.1) is 0 Å². The van der Waals surface area contributed by atoms with Crippen LogP contribution in [0.1, 0.15) is 35.8 Å². The van der Waals surface area contributed by atoms with Crippen LogP contribution in [0.15, 0.2) is 18.2 Å². The molecule has 3 rings (SSSR count). The average Bonchev–Trinajstić information content (AvgIpc) is 2.72. The van der Waals surface area contributed by atoms with Crippen molar-refractivity contribution in [3.05, 3.63) is 29.3 Å². The Bertz CT molecular complexity index is 375.